The lowest BCUT2D eigenvalue weighted by molar-refractivity contribution is -0.120. The summed E-state index contributed by atoms with van der Waals surface area (Å²) in [5.74, 6) is -2.26. The number of rotatable bonds is 9. The molecule has 1 aromatic rings. The van der Waals surface area contributed by atoms with Crippen molar-refractivity contribution in [2.45, 2.75) is 58.3 Å². The molecule has 0 radical (unpaired) electrons. The topological polar surface area (TPSA) is 92.3 Å². The molecule has 1 saturated carbocycles. The third kappa shape index (κ3) is 7.22. The Hall–Kier alpha value is -1.96. The highest BCUT2D eigenvalue weighted by Crippen LogP contribution is 2.26. The summed E-state index contributed by atoms with van der Waals surface area (Å²) in [5, 5.41) is 5.07. The van der Waals surface area contributed by atoms with E-state index in [1.807, 2.05) is 6.92 Å². The van der Waals surface area contributed by atoms with Crippen LogP contribution in [0, 0.1) is 11.7 Å². The number of benzene rings is 1. The van der Waals surface area contributed by atoms with Gasteiger partial charge in [-0.25, -0.2) is 12.8 Å². The first-order valence-corrected chi connectivity index (χ1v) is 11.7. The molecule has 1 fully saturated rings. The molecule has 2 N–H and O–H groups in total. The molecule has 0 spiro atoms. The summed E-state index contributed by atoms with van der Waals surface area (Å²) in [4.78, 5) is 24.4. The predicted octanol–water partition coefficient (Wildman–Crippen LogP) is 3.89. The first kappa shape index (κ1) is 22.3. The van der Waals surface area contributed by atoms with Crippen molar-refractivity contribution in [1.82, 2.24) is 0 Å². The molecule has 0 bridgehead atoms. The van der Waals surface area contributed by atoms with Crippen LogP contribution in [-0.4, -0.2) is 31.7 Å². The number of carbonyl (C=O) groups is 2. The van der Waals surface area contributed by atoms with Crippen LogP contribution in [0.15, 0.2) is 18.2 Å². The van der Waals surface area contributed by atoms with Crippen LogP contribution in [0.5, 0.6) is 0 Å². The maximum absolute atomic E-state index is 14.1. The highest BCUT2D eigenvalue weighted by molar-refractivity contribution is 7.92. The van der Waals surface area contributed by atoms with Crippen molar-refractivity contribution in [2.24, 2.45) is 5.92 Å². The van der Waals surface area contributed by atoms with Crippen LogP contribution in [0.25, 0.3) is 0 Å². The third-order valence-electron chi connectivity index (χ3n) is 4.89. The summed E-state index contributed by atoms with van der Waals surface area (Å²) in [6, 6.07) is 3.80. The van der Waals surface area contributed by atoms with E-state index in [0.29, 0.717) is 6.42 Å². The van der Waals surface area contributed by atoms with E-state index in [1.54, 1.807) is 0 Å². The highest BCUT2D eigenvalue weighted by Gasteiger charge is 2.22. The normalized spacial score (nSPS) is 15.2. The van der Waals surface area contributed by atoms with Crippen LogP contribution in [0.3, 0.4) is 0 Å². The standard InChI is InChI=1S/C20H29FN2O4S/c1-2-3-7-12-28(26,27)14-19(24)22-16-10-11-17(21)18(13-16)23-20(25)15-8-5-4-6-9-15/h10-11,13,15H,2-9,12,14H2,1H3,(H,22,24)(H,23,25). The number of anilines is 2. The van der Waals surface area contributed by atoms with E-state index in [0.717, 1.165) is 51.0 Å². The van der Waals surface area contributed by atoms with Crippen LogP contribution >= 0.6 is 0 Å². The Morgan fingerprint density at radius 1 is 1.11 bits per heavy atom. The smallest absolute Gasteiger partial charge is 0.239 e. The van der Waals surface area contributed by atoms with E-state index in [4.69, 9.17) is 0 Å². The number of nitrogens with one attached hydrogen (secondary N) is 2. The number of sulfone groups is 1. The Morgan fingerprint density at radius 2 is 1.82 bits per heavy atom. The highest BCUT2D eigenvalue weighted by atomic mass is 32.2. The second-order valence-corrected chi connectivity index (χ2v) is 9.55. The van der Waals surface area contributed by atoms with Crippen molar-refractivity contribution in [2.75, 3.05) is 22.1 Å². The molecule has 2 rings (SSSR count). The van der Waals surface area contributed by atoms with Gasteiger partial charge < -0.3 is 10.6 Å². The zero-order chi connectivity index (χ0) is 20.6. The summed E-state index contributed by atoms with van der Waals surface area (Å²) in [6.45, 7) is 1.97. The number of carbonyl (C=O) groups excluding carboxylic acids is 2. The monoisotopic (exact) mass is 412 g/mol. The summed E-state index contributed by atoms with van der Waals surface area (Å²) in [6.07, 6.45) is 6.89. The van der Waals surface area contributed by atoms with Gasteiger partial charge in [-0.15, -0.1) is 0 Å². The molecule has 0 saturated heterocycles. The fraction of sp³-hybridized carbons (Fsp3) is 0.600. The Morgan fingerprint density at radius 3 is 2.50 bits per heavy atom. The number of unbranched alkanes of at least 4 members (excludes halogenated alkanes) is 2. The van der Waals surface area contributed by atoms with Crippen LogP contribution in [0.2, 0.25) is 0 Å². The van der Waals surface area contributed by atoms with Gasteiger partial charge in [0.05, 0.1) is 11.4 Å². The molecule has 0 aromatic heterocycles. The number of halogens is 1. The number of amides is 2. The Balaban J connectivity index is 1.96. The average Bonchev–Trinajstić information content (AvgIpc) is 2.64. The Bertz CT molecular complexity index is 789. The fourth-order valence-electron chi connectivity index (χ4n) is 3.34. The minimum atomic E-state index is -3.48. The van der Waals surface area contributed by atoms with Crippen molar-refractivity contribution in [1.29, 1.82) is 0 Å². The van der Waals surface area contributed by atoms with Gasteiger partial charge in [-0.1, -0.05) is 39.0 Å². The summed E-state index contributed by atoms with van der Waals surface area (Å²) in [7, 11) is -3.48. The maximum Gasteiger partial charge on any atom is 0.239 e. The molecule has 8 heteroatoms. The van der Waals surface area contributed by atoms with Gasteiger partial charge in [0.2, 0.25) is 11.8 Å². The minimum absolute atomic E-state index is 0.0147. The number of hydrogen-bond acceptors (Lipinski definition) is 4. The van der Waals surface area contributed by atoms with Crippen LogP contribution < -0.4 is 10.6 Å². The minimum Gasteiger partial charge on any atom is -0.325 e. The summed E-state index contributed by atoms with van der Waals surface area (Å²) >= 11 is 0. The maximum atomic E-state index is 14.1. The molecule has 0 heterocycles. The van der Waals surface area contributed by atoms with Gasteiger partial charge in [0.15, 0.2) is 9.84 Å². The van der Waals surface area contributed by atoms with Crippen molar-refractivity contribution in [3.63, 3.8) is 0 Å². The van der Waals surface area contributed by atoms with Gasteiger partial charge in [0.25, 0.3) is 0 Å². The predicted molar refractivity (Wildman–Crippen MR) is 108 cm³/mol. The molecule has 156 valence electrons. The lowest BCUT2D eigenvalue weighted by atomic mass is 9.88. The molecule has 1 aromatic carbocycles. The lowest BCUT2D eigenvalue weighted by Gasteiger charge is -2.21. The van der Waals surface area contributed by atoms with Crippen molar-refractivity contribution in [3.8, 4) is 0 Å². The van der Waals surface area contributed by atoms with E-state index >= 15 is 0 Å². The SMILES string of the molecule is CCCCCS(=O)(=O)CC(=O)Nc1ccc(F)c(NC(=O)C2CCCCC2)c1. The van der Waals surface area contributed by atoms with Crippen LogP contribution in [-0.2, 0) is 19.4 Å². The molecular formula is C20H29FN2O4S. The molecule has 28 heavy (non-hydrogen) atoms. The second kappa shape index (κ2) is 10.5. The molecule has 0 atom stereocenters. The molecule has 6 nitrogen and oxygen atoms in total. The van der Waals surface area contributed by atoms with Gasteiger partial charge in [-0.05, 0) is 37.5 Å². The van der Waals surface area contributed by atoms with Gasteiger partial charge in [0, 0.05) is 11.6 Å². The average molecular weight is 413 g/mol. The van der Waals surface area contributed by atoms with Gasteiger partial charge >= 0.3 is 0 Å². The van der Waals surface area contributed by atoms with E-state index < -0.39 is 27.3 Å². The van der Waals surface area contributed by atoms with Crippen molar-refractivity contribution < 1.29 is 22.4 Å². The second-order valence-electron chi connectivity index (χ2n) is 7.37. The first-order chi connectivity index (χ1) is 13.3. The van der Waals surface area contributed by atoms with E-state index in [9.17, 15) is 22.4 Å². The Kier molecular flexibility index (Phi) is 8.41. The Labute approximate surface area is 166 Å². The zero-order valence-corrected chi connectivity index (χ0v) is 17.1. The first-order valence-electron chi connectivity index (χ1n) is 9.91. The van der Waals surface area contributed by atoms with E-state index in [2.05, 4.69) is 10.6 Å². The quantitative estimate of drug-likeness (QED) is 0.602. The van der Waals surface area contributed by atoms with E-state index in [-0.39, 0.29) is 29.0 Å². The molecule has 1 aliphatic carbocycles. The fourth-order valence-corrected chi connectivity index (χ4v) is 4.60. The molecular weight excluding hydrogens is 383 g/mol. The van der Waals surface area contributed by atoms with Crippen molar-refractivity contribution in [3.05, 3.63) is 24.0 Å². The largest absolute Gasteiger partial charge is 0.325 e. The van der Waals surface area contributed by atoms with E-state index in [1.165, 1.54) is 12.1 Å². The molecule has 1 aliphatic rings. The van der Waals surface area contributed by atoms with Crippen LogP contribution in [0.1, 0.15) is 58.3 Å². The lowest BCUT2D eigenvalue weighted by Crippen LogP contribution is -2.26. The van der Waals surface area contributed by atoms with Crippen molar-refractivity contribution >= 4 is 33.0 Å². The van der Waals surface area contributed by atoms with Gasteiger partial charge in [-0.2, -0.15) is 0 Å². The van der Waals surface area contributed by atoms with Crippen LogP contribution in [0.4, 0.5) is 15.8 Å². The zero-order valence-electron chi connectivity index (χ0n) is 16.3. The molecule has 0 unspecified atom stereocenters. The summed E-state index contributed by atoms with van der Waals surface area (Å²) < 4.78 is 38.0. The number of hydrogen-bond donors (Lipinski definition) is 2. The third-order valence-corrected chi connectivity index (χ3v) is 6.51. The van der Waals surface area contributed by atoms with Gasteiger partial charge in [-0.3, -0.25) is 9.59 Å². The van der Waals surface area contributed by atoms with Gasteiger partial charge in [0.1, 0.15) is 11.6 Å². The molecule has 0 aliphatic heterocycles. The molecule has 2 amide bonds. The summed E-state index contributed by atoms with van der Waals surface area (Å²) in [5.41, 5.74) is 0.230.